The van der Waals surface area contributed by atoms with E-state index in [-0.39, 0.29) is 17.7 Å². The summed E-state index contributed by atoms with van der Waals surface area (Å²) < 4.78 is 10.5. The number of ether oxygens (including phenoxy) is 2. The summed E-state index contributed by atoms with van der Waals surface area (Å²) in [6.45, 7) is 1.02. The molecule has 162 valence electrons. The SMILES string of the molecule is COc1cc(OC)cc(C(=O)N2CCC(C(=O)Nc3cc(-c4cccs4)[nH]n3)CC2)c1. The molecule has 0 saturated carbocycles. The van der Waals surface area contributed by atoms with Crippen molar-refractivity contribution >= 4 is 29.0 Å². The molecule has 0 bridgehead atoms. The topological polar surface area (TPSA) is 96.5 Å². The summed E-state index contributed by atoms with van der Waals surface area (Å²) in [6, 6.07) is 10.9. The quantitative estimate of drug-likeness (QED) is 0.610. The highest BCUT2D eigenvalue weighted by Crippen LogP contribution is 2.27. The number of thiophene rings is 1. The molecule has 2 N–H and O–H groups in total. The lowest BCUT2D eigenvalue weighted by molar-refractivity contribution is -0.121. The van der Waals surface area contributed by atoms with E-state index in [0.717, 1.165) is 10.6 Å². The number of hydrogen-bond donors (Lipinski definition) is 2. The second-order valence-corrected chi connectivity index (χ2v) is 8.25. The van der Waals surface area contributed by atoms with E-state index in [1.807, 2.05) is 23.6 Å². The molecule has 3 heterocycles. The molecule has 2 amide bonds. The molecule has 0 unspecified atom stereocenters. The Kier molecular flexibility index (Phi) is 6.22. The van der Waals surface area contributed by atoms with Crippen LogP contribution in [0.2, 0.25) is 0 Å². The first-order valence-electron chi connectivity index (χ1n) is 10.00. The van der Waals surface area contributed by atoms with Crippen molar-refractivity contribution in [2.24, 2.45) is 5.92 Å². The lowest BCUT2D eigenvalue weighted by Gasteiger charge is -2.31. The third-order valence-corrected chi connectivity index (χ3v) is 6.27. The molecule has 1 aliphatic rings. The Morgan fingerprint density at radius 1 is 1.13 bits per heavy atom. The van der Waals surface area contributed by atoms with Crippen LogP contribution in [0.4, 0.5) is 5.82 Å². The maximum Gasteiger partial charge on any atom is 0.254 e. The number of amides is 2. The van der Waals surface area contributed by atoms with E-state index >= 15 is 0 Å². The number of nitrogens with zero attached hydrogens (tertiary/aromatic N) is 2. The predicted molar refractivity (Wildman–Crippen MR) is 119 cm³/mol. The van der Waals surface area contributed by atoms with Crippen LogP contribution >= 0.6 is 11.3 Å². The van der Waals surface area contributed by atoms with Crippen molar-refractivity contribution in [3.05, 3.63) is 47.3 Å². The fraction of sp³-hybridized carbons (Fsp3) is 0.318. The van der Waals surface area contributed by atoms with Gasteiger partial charge < -0.3 is 19.7 Å². The summed E-state index contributed by atoms with van der Waals surface area (Å²) in [5, 5.41) is 12.0. The van der Waals surface area contributed by atoms with Crippen LogP contribution in [0.3, 0.4) is 0 Å². The van der Waals surface area contributed by atoms with Gasteiger partial charge in [0, 0.05) is 36.7 Å². The molecule has 1 aliphatic heterocycles. The minimum absolute atomic E-state index is 0.0700. The number of methoxy groups -OCH3 is 2. The molecule has 8 nitrogen and oxygen atoms in total. The molecule has 1 saturated heterocycles. The van der Waals surface area contributed by atoms with Crippen LogP contribution in [0, 0.1) is 5.92 Å². The third-order valence-electron chi connectivity index (χ3n) is 5.37. The lowest BCUT2D eigenvalue weighted by atomic mass is 9.95. The van der Waals surface area contributed by atoms with Gasteiger partial charge in [-0.2, -0.15) is 5.10 Å². The number of piperidine rings is 1. The van der Waals surface area contributed by atoms with Gasteiger partial charge in [-0.25, -0.2) is 0 Å². The molecule has 0 spiro atoms. The standard InChI is InChI=1S/C22H24N4O4S/c1-29-16-10-15(11-17(12-16)30-2)22(28)26-7-5-14(6-8-26)21(27)23-20-13-18(24-25-20)19-4-3-9-31-19/h3-4,9-14H,5-8H2,1-2H3,(H2,23,24,25,27). The van der Waals surface area contributed by atoms with E-state index in [2.05, 4.69) is 15.5 Å². The van der Waals surface area contributed by atoms with Gasteiger partial charge in [0.1, 0.15) is 11.5 Å². The van der Waals surface area contributed by atoms with Crippen LogP contribution in [0.1, 0.15) is 23.2 Å². The van der Waals surface area contributed by atoms with E-state index < -0.39 is 0 Å². The maximum atomic E-state index is 12.9. The number of carbonyl (C=O) groups excluding carboxylic acids is 2. The lowest BCUT2D eigenvalue weighted by Crippen LogP contribution is -2.41. The number of rotatable bonds is 6. The molecule has 2 aromatic heterocycles. The molecule has 1 aromatic carbocycles. The summed E-state index contributed by atoms with van der Waals surface area (Å²) in [5.74, 6) is 1.32. The summed E-state index contributed by atoms with van der Waals surface area (Å²) in [5.41, 5.74) is 1.39. The zero-order chi connectivity index (χ0) is 21.8. The number of nitrogens with one attached hydrogen (secondary N) is 2. The first kappa shape index (κ1) is 20.9. The van der Waals surface area contributed by atoms with Crippen LogP contribution in [0.15, 0.2) is 41.8 Å². The Morgan fingerprint density at radius 2 is 1.84 bits per heavy atom. The van der Waals surface area contributed by atoms with Gasteiger partial charge in [0.05, 0.1) is 24.8 Å². The van der Waals surface area contributed by atoms with Crippen LogP contribution in [-0.4, -0.2) is 54.2 Å². The molecule has 31 heavy (non-hydrogen) atoms. The highest BCUT2D eigenvalue weighted by atomic mass is 32.1. The summed E-state index contributed by atoms with van der Waals surface area (Å²) in [7, 11) is 3.10. The monoisotopic (exact) mass is 440 g/mol. The fourth-order valence-corrected chi connectivity index (χ4v) is 4.32. The van der Waals surface area contributed by atoms with Crippen LogP contribution in [0.25, 0.3) is 10.6 Å². The van der Waals surface area contributed by atoms with Crippen molar-refractivity contribution in [3.8, 4) is 22.1 Å². The fourth-order valence-electron chi connectivity index (χ4n) is 3.63. The first-order chi connectivity index (χ1) is 15.1. The van der Waals surface area contributed by atoms with Crippen LogP contribution in [-0.2, 0) is 4.79 Å². The molecular formula is C22H24N4O4S. The molecule has 1 fully saturated rings. The van der Waals surface area contributed by atoms with Gasteiger partial charge in [0.2, 0.25) is 5.91 Å². The van der Waals surface area contributed by atoms with Crippen molar-refractivity contribution in [2.45, 2.75) is 12.8 Å². The molecule has 0 atom stereocenters. The van der Waals surface area contributed by atoms with Crippen molar-refractivity contribution in [3.63, 3.8) is 0 Å². The second-order valence-electron chi connectivity index (χ2n) is 7.30. The molecule has 4 rings (SSSR count). The third kappa shape index (κ3) is 4.72. The average molecular weight is 441 g/mol. The van der Waals surface area contributed by atoms with Crippen LogP contribution < -0.4 is 14.8 Å². The molecule has 9 heteroatoms. The second kappa shape index (κ2) is 9.22. The van der Waals surface area contributed by atoms with Crippen molar-refractivity contribution in [1.29, 1.82) is 0 Å². The smallest absolute Gasteiger partial charge is 0.254 e. The van der Waals surface area contributed by atoms with Crippen LogP contribution in [0.5, 0.6) is 11.5 Å². The highest BCUT2D eigenvalue weighted by Gasteiger charge is 2.28. The van der Waals surface area contributed by atoms with Crippen molar-refractivity contribution in [2.75, 3.05) is 32.6 Å². The molecular weight excluding hydrogens is 416 g/mol. The average Bonchev–Trinajstić information content (AvgIpc) is 3.50. The van der Waals surface area contributed by atoms with Gasteiger partial charge in [-0.05, 0) is 36.4 Å². The van der Waals surface area contributed by atoms with Gasteiger partial charge >= 0.3 is 0 Å². The molecule has 0 aliphatic carbocycles. The largest absolute Gasteiger partial charge is 0.497 e. The van der Waals surface area contributed by atoms with Gasteiger partial charge in [-0.1, -0.05) is 6.07 Å². The normalized spacial score (nSPS) is 14.3. The zero-order valence-corrected chi connectivity index (χ0v) is 18.2. The first-order valence-corrected chi connectivity index (χ1v) is 10.9. The Bertz CT molecular complexity index is 1030. The van der Waals surface area contributed by atoms with E-state index in [4.69, 9.17) is 9.47 Å². The minimum atomic E-state index is -0.161. The zero-order valence-electron chi connectivity index (χ0n) is 17.4. The number of anilines is 1. The number of likely N-dealkylation sites (tertiary alicyclic amines) is 1. The van der Waals surface area contributed by atoms with Gasteiger partial charge in [0.25, 0.3) is 5.91 Å². The number of carbonyl (C=O) groups is 2. The predicted octanol–water partition coefficient (Wildman–Crippen LogP) is 3.65. The van der Waals surface area contributed by atoms with E-state index in [0.29, 0.717) is 48.8 Å². The number of hydrogen-bond acceptors (Lipinski definition) is 6. The number of benzene rings is 1. The number of aromatic amines is 1. The Balaban J connectivity index is 1.34. The Labute approximate surface area is 184 Å². The number of H-pyrrole nitrogens is 1. The summed E-state index contributed by atoms with van der Waals surface area (Å²) in [4.78, 5) is 28.4. The van der Waals surface area contributed by atoms with Gasteiger partial charge in [0.15, 0.2) is 5.82 Å². The molecule has 3 aromatic rings. The molecule has 0 radical (unpaired) electrons. The number of aromatic nitrogens is 2. The minimum Gasteiger partial charge on any atom is -0.497 e. The summed E-state index contributed by atoms with van der Waals surface area (Å²) >= 11 is 1.60. The van der Waals surface area contributed by atoms with Crippen molar-refractivity contribution < 1.29 is 19.1 Å². The van der Waals surface area contributed by atoms with Gasteiger partial charge in [-0.15, -0.1) is 11.3 Å². The van der Waals surface area contributed by atoms with E-state index in [1.54, 1.807) is 48.7 Å². The maximum absolute atomic E-state index is 12.9. The Hall–Kier alpha value is -3.33. The van der Waals surface area contributed by atoms with Gasteiger partial charge in [-0.3, -0.25) is 14.7 Å². The van der Waals surface area contributed by atoms with E-state index in [9.17, 15) is 9.59 Å². The van der Waals surface area contributed by atoms with E-state index in [1.165, 1.54) is 0 Å². The Morgan fingerprint density at radius 3 is 2.45 bits per heavy atom. The van der Waals surface area contributed by atoms with Crippen molar-refractivity contribution in [1.82, 2.24) is 15.1 Å². The highest BCUT2D eigenvalue weighted by molar-refractivity contribution is 7.13. The summed E-state index contributed by atoms with van der Waals surface area (Å²) in [6.07, 6.45) is 1.20.